The Morgan fingerprint density at radius 3 is 2.89 bits per heavy atom. The largest absolute Gasteiger partial charge is 0.338 e. The number of fused-ring (bicyclic) bond motifs is 1. The van der Waals surface area contributed by atoms with Gasteiger partial charge in [-0.05, 0) is 26.3 Å². The summed E-state index contributed by atoms with van der Waals surface area (Å²) in [5.74, 6) is 1.75. The highest BCUT2D eigenvalue weighted by molar-refractivity contribution is 5.78. The quantitative estimate of drug-likeness (QED) is 0.563. The summed E-state index contributed by atoms with van der Waals surface area (Å²) >= 11 is 0. The summed E-state index contributed by atoms with van der Waals surface area (Å²) in [7, 11) is 1.90. The lowest BCUT2D eigenvalue weighted by Gasteiger charge is -2.23. The molecule has 1 aliphatic heterocycles. The number of aryl methyl sites for hydroxylation is 2. The van der Waals surface area contributed by atoms with Gasteiger partial charge in [-0.15, -0.1) is 0 Å². The molecule has 5 rings (SSSR count). The fourth-order valence-corrected chi connectivity index (χ4v) is 3.70. The Bertz CT molecular complexity index is 1120. The molecule has 144 valence electrons. The second-order valence-corrected chi connectivity index (χ2v) is 7.26. The normalized spacial score (nSPS) is 17.3. The Kier molecular flexibility index (Phi) is 4.09. The van der Waals surface area contributed by atoms with Crippen LogP contribution in [0.15, 0.2) is 35.2 Å². The van der Waals surface area contributed by atoms with E-state index < -0.39 is 0 Å². The van der Waals surface area contributed by atoms with E-state index in [0.717, 1.165) is 59.9 Å². The molecule has 0 aliphatic carbocycles. The molecule has 1 aliphatic rings. The summed E-state index contributed by atoms with van der Waals surface area (Å²) < 4.78 is 8.94. The number of piperidine rings is 1. The number of nitrogens with one attached hydrogen (secondary N) is 2. The van der Waals surface area contributed by atoms with Gasteiger partial charge in [0.15, 0.2) is 5.65 Å². The van der Waals surface area contributed by atoms with Gasteiger partial charge in [0.1, 0.15) is 5.82 Å². The summed E-state index contributed by atoms with van der Waals surface area (Å²) in [5, 5.41) is 19.6. The van der Waals surface area contributed by atoms with Gasteiger partial charge in [-0.3, -0.25) is 4.68 Å². The third-order valence-corrected chi connectivity index (χ3v) is 5.10. The van der Waals surface area contributed by atoms with Crippen LogP contribution < -0.4 is 10.6 Å². The van der Waals surface area contributed by atoms with Gasteiger partial charge in [-0.2, -0.15) is 14.7 Å². The van der Waals surface area contributed by atoms with E-state index in [1.807, 2.05) is 38.6 Å². The zero-order valence-electron chi connectivity index (χ0n) is 15.9. The number of aromatic nitrogens is 6. The first kappa shape index (κ1) is 16.9. The van der Waals surface area contributed by atoms with Gasteiger partial charge in [0.2, 0.25) is 5.88 Å². The van der Waals surface area contributed by atoms with Crippen LogP contribution in [0.5, 0.6) is 0 Å². The predicted octanol–water partition coefficient (Wildman–Crippen LogP) is 2.64. The lowest BCUT2D eigenvalue weighted by Crippen LogP contribution is -2.29. The Morgan fingerprint density at radius 2 is 2.18 bits per heavy atom. The molecule has 0 amide bonds. The van der Waals surface area contributed by atoms with Crippen molar-refractivity contribution < 1.29 is 4.52 Å². The van der Waals surface area contributed by atoms with Crippen molar-refractivity contribution in [1.82, 2.24) is 34.9 Å². The van der Waals surface area contributed by atoms with Crippen molar-refractivity contribution >= 4 is 17.3 Å². The fourth-order valence-electron chi connectivity index (χ4n) is 3.70. The number of nitrogens with zero attached hydrogens (tertiary/aromatic N) is 6. The number of anilines is 2. The third-order valence-electron chi connectivity index (χ3n) is 5.10. The predicted molar refractivity (Wildman–Crippen MR) is 105 cm³/mol. The van der Waals surface area contributed by atoms with Crippen LogP contribution in [-0.4, -0.2) is 42.6 Å². The molecular formula is C19H22N8O. The van der Waals surface area contributed by atoms with E-state index in [4.69, 9.17) is 9.51 Å². The maximum absolute atomic E-state index is 5.35. The third kappa shape index (κ3) is 3.03. The molecule has 0 aromatic carbocycles. The molecule has 1 unspecified atom stereocenters. The molecule has 0 spiro atoms. The molecule has 4 aromatic rings. The molecule has 1 fully saturated rings. The summed E-state index contributed by atoms with van der Waals surface area (Å²) in [4.78, 5) is 4.99. The summed E-state index contributed by atoms with van der Waals surface area (Å²) in [6, 6.07) is 3.92. The standard InChI is InChI=1S/C19H22N8O/c1-12-6-18(28-25-12)24-17-7-16(13-4-3-5-20-8-13)23-19-15(10-22-27(17)19)14-9-21-26(2)11-14/h6-7,9-11,13,20,24H,3-5,8H2,1-2H3. The average molecular weight is 378 g/mol. The van der Waals surface area contributed by atoms with Gasteiger partial charge < -0.3 is 15.2 Å². The van der Waals surface area contributed by atoms with Crippen molar-refractivity contribution in [2.45, 2.75) is 25.7 Å². The number of hydrogen-bond acceptors (Lipinski definition) is 7. The smallest absolute Gasteiger partial charge is 0.230 e. The van der Waals surface area contributed by atoms with Crippen molar-refractivity contribution in [2.24, 2.45) is 7.05 Å². The molecule has 1 saturated heterocycles. The Labute approximate surface area is 161 Å². The van der Waals surface area contributed by atoms with Crippen LogP contribution in [0.1, 0.15) is 30.1 Å². The zero-order valence-corrected chi connectivity index (χ0v) is 15.9. The molecule has 9 heteroatoms. The van der Waals surface area contributed by atoms with E-state index in [2.05, 4.69) is 32.1 Å². The molecule has 0 radical (unpaired) electrons. The maximum Gasteiger partial charge on any atom is 0.230 e. The zero-order chi connectivity index (χ0) is 19.1. The second kappa shape index (κ2) is 6.75. The van der Waals surface area contributed by atoms with Crippen molar-refractivity contribution in [1.29, 1.82) is 0 Å². The minimum absolute atomic E-state index is 0.368. The lowest BCUT2D eigenvalue weighted by molar-refractivity contribution is 0.429. The molecule has 28 heavy (non-hydrogen) atoms. The van der Waals surface area contributed by atoms with Crippen LogP contribution in [-0.2, 0) is 7.05 Å². The van der Waals surface area contributed by atoms with Crippen molar-refractivity contribution in [3.63, 3.8) is 0 Å². The van der Waals surface area contributed by atoms with E-state index >= 15 is 0 Å². The maximum atomic E-state index is 5.35. The van der Waals surface area contributed by atoms with Gasteiger partial charge in [-0.1, -0.05) is 5.16 Å². The topological polar surface area (TPSA) is 98.1 Å². The van der Waals surface area contributed by atoms with Crippen molar-refractivity contribution in [3.8, 4) is 11.1 Å². The van der Waals surface area contributed by atoms with E-state index in [1.54, 1.807) is 9.20 Å². The molecule has 5 heterocycles. The van der Waals surface area contributed by atoms with E-state index in [1.165, 1.54) is 0 Å². The first-order valence-corrected chi connectivity index (χ1v) is 9.46. The SMILES string of the molecule is Cc1cc(Nc2cc(C3CCCNC3)nc3c(-c4cnn(C)c4)cnn23)on1. The minimum atomic E-state index is 0.368. The van der Waals surface area contributed by atoms with Crippen LogP contribution in [0, 0.1) is 6.92 Å². The van der Waals surface area contributed by atoms with Crippen molar-refractivity contribution in [2.75, 3.05) is 18.4 Å². The first-order chi connectivity index (χ1) is 13.7. The number of rotatable bonds is 4. The molecule has 9 nitrogen and oxygen atoms in total. The summed E-state index contributed by atoms with van der Waals surface area (Å²) in [5.41, 5.74) is 4.61. The van der Waals surface area contributed by atoms with E-state index in [9.17, 15) is 0 Å². The van der Waals surface area contributed by atoms with Gasteiger partial charge in [0.25, 0.3) is 0 Å². The molecule has 4 aromatic heterocycles. The lowest BCUT2D eigenvalue weighted by atomic mass is 9.96. The monoisotopic (exact) mass is 378 g/mol. The minimum Gasteiger partial charge on any atom is -0.338 e. The van der Waals surface area contributed by atoms with E-state index in [0.29, 0.717) is 11.8 Å². The Morgan fingerprint density at radius 1 is 1.25 bits per heavy atom. The second-order valence-electron chi connectivity index (χ2n) is 7.26. The highest BCUT2D eigenvalue weighted by Gasteiger charge is 2.21. The molecule has 0 saturated carbocycles. The van der Waals surface area contributed by atoms with Crippen molar-refractivity contribution in [3.05, 3.63) is 42.1 Å². The molecule has 1 atom stereocenters. The van der Waals surface area contributed by atoms with Gasteiger partial charge in [-0.25, -0.2) is 4.98 Å². The van der Waals surface area contributed by atoms with Crippen LogP contribution in [0.3, 0.4) is 0 Å². The van der Waals surface area contributed by atoms with Crippen LogP contribution in [0.4, 0.5) is 11.7 Å². The fraction of sp³-hybridized carbons (Fsp3) is 0.368. The average Bonchev–Trinajstić information content (AvgIpc) is 3.42. The van der Waals surface area contributed by atoms with Gasteiger partial charge in [0.05, 0.1) is 23.8 Å². The van der Waals surface area contributed by atoms with E-state index in [-0.39, 0.29) is 0 Å². The van der Waals surface area contributed by atoms with Crippen LogP contribution in [0.2, 0.25) is 0 Å². The summed E-state index contributed by atoms with van der Waals surface area (Å²) in [6.07, 6.45) is 7.91. The first-order valence-electron chi connectivity index (χ1n) is 9.46. The van der Waals surface area contributed by atoms with Gasteiger partial charge in [0, 0.05) is 49.0 Å². The Balaban J connectivity index is 1.64. The molecule has 0 bridgehead atoms. The highest BCUT2D eigenvalue weighted by Crippen LogP contribution is 2.30. The summed E-state index contributed by atoms with van der Waals surface area (Å²) in [6.45, 7) is 3.89. The van der Waals surface area contributed by atoms with Crippen LogP contribution in [0.25, 0.3) is 16.8 Å². The van der Waals surface area contributed by atoms with Crippen LogP contribution >= 0.6 is 0 Å². The number of hydrogen-bond donors (Lipinski definition) is 2. The molecular weight excluding hydrogens is 356 g/mol. The van der Waals surface area contributed by atoms with Gasteiger partial charge >= 0.3 is 0 Å². The molecule has 2 N–H and O–H groups in total. The highest BCUT2D eigenvalue weighted by atomic mass is 16.5. The Hall–Kier alpha value is -3.20.